The molecule has 0 N–H and O–H groups in total. The average molecular weight is 168 g/mol. The van der Waals surface area contributed by atoms with Gasteiger partial charge in [-0.15, -0.1) is 12.6 Å². The largest absolute Gasteiger partial charge is 0.493 e. The smallest absolute Gasteiger partial charge is 0.130 e. The number of fused-ring (bicyclic) bond motifs is 1. The second-order valence-corrected chi connectivity index (χ2v) is 2.82. The lowest BCUT2D eigenvalue weighted by atomic mass is 10.4. The molecule has 0 aromatic carbocycles. The van der Waals surface area contributed by atoms with E-state index in [1.807, 2.05) is 17.7 Å². The maximum atomic E-state index is 5.10. The summed E-state index contributed by atoms with van der Waals surface area (Å²) in [5.74, 6) is 0.949. The highest BCUT2D eigenvalue weighted by Gasteiger charge is 2.12. The number of ether oxygens (including phenoxy) is 1. The van der Waals surface area contributed by atoms with Crippen LogP contribution >= 0.6 is 12.6 Å². The summed E-state index contributed by atoms with van der Waals surface area (Å²) < 4.78 is 7.08. The third-order valence-corrected chi connectivity index (χ3v) is 2.05. The first kappa shape index (κ1) is 6.79. The fourth-order valence-corrected chi connectivity index (χ4v) is 1.45. The van der Waals surface area contributed by atoms with Crippen molar-refractivity contribution in [1.82, 2.24) is 9.55 Å². The van der Waals surface area contributed by atoms with Gasteiger partial charge in [-0.25, -0.2) is 4.98 Å². The van der Waals surface area contributed by atoms with Gasteiger partial charge in [0.15, 0.2) is 0 Å². The molecule has 2 rings (SSSR count). The molecule has 0 saturated heterocycles. The van der Waals surface area contributed by atoms with Crippen LogP contribution < -0.4 is 0 Å². The molecule has 0 atom stereocenters. The molecule has 0 amide bonds. The highest BCUT2D eigenvalue weighted by atomic mass is 32.1. The van der Waals surface area contributed by atoms with E-state index in [2.05, 4.69) is 17.6 Å². The Bertz CT molecular complexity index is 316. The number of rotatable bonds is 0. The monoisotopic (exact) mass is 168 g/mol. The van der Waals surface area contributed by atoms with Gasteiger partial charge in [0.25, 0.3) is 0 Å². The summed E-state index contributed by atoms with van der Waals surface area (Å²) in [5, 5.41) is 0.756. The Labute approximate surface area is 70.1 Å². The lowest BCUT2D eigenvalue weighted by Gasteiger charge is -2.09. The Hall–Kier alpha value is -0.900. The minimum absolute atomic E-state index is 0.566. The van der Waals surface area contributed by atoms with Crippen LogP contribution in [0.3, 0.4) is 0 Å². The van der Waals surface area contributed by atoms with Crippen LogP contribution in [0.4, 0.5) is 0 Å². The molecule has 0 saturated carbocycles. The minimum Gasteiger partial charge on any atom is -0.493 e. The SMILES string of the molecule is Cc1nc(S)c2n1C=COC2. The molecule has 11 heavy (non-hydrogen) atoms. The summed E-state index contributed by atoms with van der Waals surface area (Å²) in [6, 6.07) is 0. The Morgan fingerprint density at radius 2 is 2.55 bits per heavy atom. The Morgan fingerprint density at radius 1 is 1.73 bits per heavy atom. The first-order chi connectivity index (χ1) is 5.29. The van der Waals surface area contributed by atoms with E-state index in [1.165, 1.54) is 0 Å². The van der Waals surface area contributed by atoms with Crippen molar-refractivity contribution in [2.75, 3.05) is 0 Å². The highest BCUT2D eigenvalue weighted by Crippen LogP contribution is 2.19. The van der Waals surface area contributed by atoms with Gasteiger partial charge in [0.2, 0.25) is 0 Å². The van der Waals surface area contributed by atoms with Crippen molar-refractivity contribution in [3.8, 4) is 0 Å². The first-order valence-electron chi connectivity index (χ1n) is 3.34. The van der Waals surface area contributed by atoms with Crippen LogP contribution in [-0.2, 0) is 11.3 Å². The highest BCUT2D eigenvalue weighted by molar-refractivity contribution is 7.80. The molecule has 0 bridgehead atoms. The Kier molecular flexibility index (Phi) is 1.42. The Morgan fingerprint density at radius 3 is 3.27 bits per heavy atom. The van der Waals surface area contributed by atoms with E-state index in [4.69, 9.17) is 4.74 Å². The molecule has 3 nitrogen and oxygen atoms in total. The van der Waals surface area contributed by atoms with Gasteiger partial charge in [0, 0.05) is 6.20 Å². The molecule has 0 radical (unpaired) electrons. The molecule has 0 fully saturated rings. The predicted molar refractivity (Wildman–Crippen MR) is 44.3 cm³/mol. The summed E-state index contributed by atoms with van der Waals surface area (Å²) in [6.07, 6.45) is 3.51. The molecular formula is C7H8N2OS. The van der Waals surface area contributed by atoms with Crippen LogP contribution in [0.15, 0.2) is 11.3 Å². The number of hydrogen-bond donors (Lipinski definition) is 1. The van der Waals surface area contributed by atoms with Gasteiger partial charge in [0.1, 0.15) is 23.7 Å². The van der Waals surface area contributed by atoms with Crippen LogP contribution in [0, 0.1) is 6.92 Å². The number of aromatic nitrogens is 2. The van der Waals surface area contributed by atoms with Crippen molar-refractivity contribution in [3.63, 3.8) is 0 Å². The van der Waals surface area contributed by atoms with Crippen LogP contribution in [0.25, 0.3) is 6.20 Å². The molecule has 2 heterocycles. The van der Waals surface area contributed by atoms with Gasteiger partial charge in [0.05, 0.1) is 5.69 Å². The van der Waals surface area contributed by atoms with Crippen molar-refractivity contribution < 1.29 is 4.74 Å². The van der Waals surface area contributed by atoms with E-state index in [1.54, 1.807) is 6.26 Å². The molecule has 4 heteroatoms. The summed E-state index contributed by atoms with van der Waals surface area (Å²) in [6.45, 7) is 2.51. The van der Waals surface area contributed by atoms with E-state index in [0.717, 1.165) is 16.5 Å². The fraction of sp³-hybridized carbons (Fsp3) is 0.286. The number of aryl methyl sites for hydroxylation is 1. The van der Waals surface area contributed by atoms with Crippen molar-refractivity contribution >= 4 is 18.8 Å². The third-order valence-electron chi connectivity index (χ3n) is 1.69. The van der Waals surface area contributed by atoms with E-state index in [0.29, 0.717) is 6.61 Å². The molecule has 0 unspecified atom stereocenters. The maximum Gasteiger partial charge on any atom is 0.130 e. The summed E-state index contributed by atoms with van der Waals surface area (Å²) in [5.41, 5.74) is 1.02. The van der Waals surface area contributed by atoms with E-state index < -0.39 is 0 Å². The molecule has 0 spiro atoms. The Balaban J connectivity index is 2.63. The van der Waals surface area contributed by atoms with Crippen LogP contribution in [0.2, 0.25) is 0 Å². The number of hydrogen-bond acceptors (Lipinski definition) is 3. The molecule has 1 aliphatic rings. The zero-order chi connectivity index (χ0) is 7.84. The summed E-state index contributed by atoms with van der Waals surface area (Å²) >= 11 is 4.21. The van der Waals surface area contributed by atoms with Crippen molar-refractivity contribution in [1.29, 1.82) is 0 Å². The van der Waals surface area contributed by atoms with Crippen molar-refractivity contribution in [3.05, 3.63) is 17.8 Å². The summed E-state index contributed by atoms with van der Waals surface area (Å²) in [7, 11) is 0. The molecule has 1 aromatic heterocycles. The van der Waals surface area contributed by atoms with Gasteiger partial charge in [-0.3, -0.25) is 0 Å². The van der Waals surface area contributed by atoms with Crippen LogP contribution in [0.1, 0.15) is 11.5 Å². The van der Waals surface area contributed by atoms with Gasteiger partial charge in [-0.05, 0) is 6.92 Å². The molecule has 58 valence electrons. The first-order valence-corrected chi connectivity index (χ1v) is 3.78. The predicted octanol–water partition coefficient (Wildman–Crippen LogP) is 1.44. The van der Waals surface area contributed by atoms with Gasteiger partial charge >= 0.3 is 0 Å². The van der Waals surface area contributed by atoms with Gasteiger partial charge in [-0.1, -0.05) is 0 Å². The van der Waals surface area contributed by atoms with Crippen molar-refractivity contribution in [2.45, 2.75) is 18.6 Å². The maximum absolute atomic E-state index is 5.10. The molecule has 0 aliphatic carbocycles. The normalized spacial score (nSPS) is 14.4. The topological polar surface area (TPSA) is 27.1 Å². The second kappa shape index (κ2) is 2.30. The zero-order valence-electron chi connectivity index (χ0n) is 6.11. The quantitative estimate of drug-likeness (QED) is 0.593. The van der Waals surface area contributed by atoms with Crippen molar-refractivity contribution in [2.24, 2.45) is 0 Å². The average Bonchev–Trinajstić information content (AvgIpc) is 2.30. The lowest BCUT2D eigenvalue weighted by Crippen LogP contribution is -2.03. The third kappa shape index (κ3) is 0.939. The minimum atomic E-state index is 0.566. The van der Waals surface area contributed by atoms with Gasteiger partial charge in [-0.2, -0.15) is 0 Å². The number of nitrogens with zero attached hydrogens (tertiary/aromatic N) is 2. The van der Waals surface area contributed by atoms with E-state index >= 15 is 0 Å². The van der Waals surface area contributed by atoms with Crippen LogP contribution in [0.5, 0.6) is 0 Å². The fourth-order valence-electron chi connectivity index (χ4n) is 1.14. The number of imidazole rings is 1. The zero-order valence-corrected chi connectivity index (χ0v) is 7.01. The van der Waals surface area contributed by atoms with E-state index in [-0.39, 0.29) is 0 Å². The molecule has 1 aromatic rings. The summed E-state index contributed by atoms with van der Waals surface area (Å²) in [4.78, 5) is 4.19. The lowest BCUT2D eigenvalue weighted by molar-refractivity contribution is 0.221. The standard InChI is InChI=1S/C7H8N2OS/c1-5-8-7(11)6-4-10-3-2-9(5)6/h2-3,11H,4H2,1H3. The van der Waals surface area contributed by atoms with E-state index in [9.17, 15) is 0 Å². The number of thiol groups is 1. The molecule has 1 aliphatic heterocycles. The second-order valence-electron chi connectivity index (χ2n) is 2.40. The van der Waals surface area contributed by atoms with Crippen LogP contribution in [-0.4, -0.2) is 9.55 Å². The molecular weight excluding hydrogens is 160 g/mol. The van der Waals surface area contributed by atoms with Gasteiger partial charge < -0.3 is 9.30 Å².